The van der Waals surface area contributed by atoms with Crippen LogP contribution in [0.1, 0.15) is 13.3 Å². The van der Waals surface area contributed by atoms with Gasteiger partial charge in [-0.1, -0.05) is 0 Å². The Morgan fingerprint density at radius 1 is 1.56 bits per heavy atom. The summed E-state index contributed by atoms with van der Waals surface area (Å²) in [6, 6.07) is 6.26. The van der Waals surface area contributed by atoms with Crippen LogP contribution in [0.25, 0.3) is 0 Å². The van der Waals surface area contributed by atoms with Crippen molar-refractivity contribution >= 4 is 23.3 Å². The SMILES string of the molecule is CC(O)CC=Nc1ccc(OS(=O)[O-])cc1. The van der Waals surface area contributed by atoms with E-state index in [1.165, 1.54) is 12.1 Å². The van der Waals surface area contributed by atoms with Crippen LogP contribution in [0.4, 0.5) is 5.69 Å². The molecule has 0 saturated heterocycles. The van der Waals surface area contributed by atoms with Gasteiger partial charge < -0.3 is 13.8 Å². The largest absolute Gasteiger partial charge is 0.740 e. The molecule has 0 aliphatic heterocycles. The van der Waals surface area contributed by atoms with Crippen molar-refractivity contribution in [3.63, 3.8) is 0 Å². The molecule has 5 nitrogen and oxygen atoms in total. The van der Waals surface area contributed by atoms with Crippen LogP contribution in [0.15, 0.2) is 29.3 Å². The van der Waals surface area contributed by atoms with Gasteiger partial charge in [0.1, 0.15) is 17.1 Å². The van der Waals surface area contributed by atoms with E-state index in [1.54, 1.807) is 25.3 Å². The first-order valence-electron chi connectivity index (χ1n) is 4.66. The molecule has 2 atom stereocenters. The Bertz CT molecular complexity index is 375. The minimum Gasteiger partial charge on any atom is -0.740 e. The van der Waals surface area contributed by atoms with E-state index in [0.717, 1.165) is 0 Å². The lowest BCUT2D eigenvalue weighted by molar-refractivity contribution is 0.204. The maximum atomic E-state index is 10.2. The van der Waals surface area contributed by atoms with Crippen molar-refractivity contribution < 1.29 is 18.1 Å². The third kappa shape index (κ3) is 5.01. The van der Waals surface area contributed by atoms with Crippen molar-refractivity contribution in [3.05, 3.63) is 24.3 Å². The second kappa shape index (κ2) is 6.37. The zero-order chi connectivity index (χ0) is 12.0. The summed E-state index contributed by atoms with van der Waals surface area (Å²) in [7, 11) is 0. The van der Waals surface area contributed by atoms with Crippen LogP contribution >= 0.6 is 0 Å². The molecule has 0 aliphatic carbocycles. The van der Waals surface area contributed by atoms with Crippen LogP contribution in [0.3, 0.4) is 0 Å². The number of aliphatic hydroxyl groups excluding tert-OH is 1. The molecule has 1 rings (SSSR count). The lowest BCUT2D eigenvalue weighted by Gasteiger charge is -2.06. The quantitative estimate of drug-likeness (QED) is 0.623. The Hall–Kier alpha value is -1.24. The molecule has 0 aromatic heterocycles. The zero-order valence-corrected chi connectivity index (χ0v) is 9.52. The summed E-state index contributed by atoms with van der Waals surface area (Å²) in [5.41, 5.74) is 0.671. The first-order chi connectivity index (χ1) is 7.58. The predicted molar refractivity (Wildman–Crippen MR) is 60.4 cm³/mol. The van der Waals surface area contributed by atoms with Gasteiger partial charge in [0.2, 0.25) is 0 Å². The van der Waals surface area contributed by atoms with Crippen LogP contribution in [0.2, 0.25) is 0 Å². The van der Waals surface area contributed by atoms with Crippen molar-refractivity contribution in [1.29, 1.82) is 0 Å². The number of rotatable bonds is 5. The average molecular weight is 242 g/mol. The normalized spacial score (nSPS) is 14.9. The van der Waals surface area contributed by atoms with Crippen LogP contribution < -0.4 is 4.18 Å². The van der Waals surface area contributed by atoms with Gasteiger partial charge in [0.15, 0.2) is 0 Å². The van der Waals surface area contributed by atoms with E-state index in [9.17, 15) is 8.76 Å². The number of benzene rings is 1. The summed E-state index contributed by atoms with van der Waals surface area (Å²) in [5, 5.41) is 8.99. The fourth-order valence-corrected chi connectivity index (χ4v) is 1.25. The molecule has 88 valence electrons. The highest BCUT2D eigenvalue weighted by molar-refractivity contribution is 7.74. The first-order valence-corrected chi connectivity index (χ1v) is 5.66. The molecule has 1 aromatic carbocycles. The van der Waals surface area contributed by atoms with Gasteiger partial charge in [0.05, 0.1) is 11.8 Å². The molecular formula is C10H12NO4S-. The summed E-state index contributed by atoms with van der Waals surface area (Å²) < 4.78 is 24.9. The van der Waals surface area contributed by atoms with Crippen molar-refractivity contribution in [3.8, 4) is 5.75 Å². The van der Waals surface area contributed by atoms with E-state index < -0.39 is 17.5 Å². The fraction of sp³-hybridized carbons (Fsp3) is 0.300. The Balaban J connectivity index is 2.57. The lowest BCUT2D eigenvalue weighted by atomic mass is 10.3. The minimum atomic E-state index is -2.56. The number of aliphatic imine (C=N–C) groups is 1. The highest BCUT2D eigenvalue weighted by Gasteiger charge is 1.94. The number of hydrogen-bond donors (Lipinski definition) is 1. The van der Waals surface area contributed by atoms with Crippen LogP contribution in [0, 0.1) is 0 Å². The van der Waals surface area contributed by atoms with Gasteiger partial charge in [-0.2, -0.15) is 0 Å². The fourth-order valence-electron chi connectivity index (χ4n) is 0.977. The summed E-state index contributed by atoms with van der Waals surface area (Å²) in [6.45, 7) is 1.67. The van der Waals surface area contributed by atoms with Crippen LogP contribution in [-0.4, -0.2) is 26.2 Å². The summed E-state index contributed by atoms with van der Waals surface area (Å²) in [6.07, 6.45) is 1.66. The smallest absolute Gasteiger partial charge is 0.139 e. The van der Waals surface area contributed by atoms with E-state index in [4.69, 9.17) is 5.11 Å². The molecule has 16 heavy (non-hydrogen) atoms. The van der Waals surface area contributed by atoms with Crippen LogP contribution in [0.5, 0.6) is 5.75 Å². The van der Waals surface area contributed by atoms with E-state index in [-0.39, 0.29) is 5.75 Å². The molecule has 2 unspecified atom stereocenters. The molecule has 0 saturated carbocycles. The minimum absolute atomic E-state index is 0.239. The van der Waals surface area contributed by atoms with E-state index in [1.807, 2.05) is 0 Å². The van der Waals surface area contributed by atoms with E-state index in [0.29, 0.717) is 12.1 Å². The van der Waals surface area contributed by atoms with E-state index in [2.05, 4.69) is 9.18 Å². The van der Waals surface area contributed by atoms with Crippen LogP contribution in [-0.2, 0) is 11.4 Å². The Kier molecular flexibility index (Phi) is 5.10. The highest BCUT2D eigenvalue weighted by atomic mass is 32.2. The number of hydrogen-bond acceptors (Lipinski definition) is 5. The van der Waals surface area contributed by atoms with Gasteiger partial charge >= 0.3 is 0 Å². The molecule has 1 N–H and O–H groups in total. The summed E-state index contributed by atoms with van der Waals surface area (Å²) in [5.74, 6) is 0.239. The third-order valence-corrected chi connectivity index (χ3v) is 2.02. The first kappa shape index (κ1) is 12.8. The van der Waals surface area contributed by atoms with Gasteiger partial charge in [-0.05, 0) is 31.2 Å². The van der Waals surface area contributed by atoms with Gasteiger partial charge in [0.25, 0.3) is 0 Å². The van der Waals surface area contributed by atoms with Gasteiger partial charge in [-0.15, -0.1) is 0 Å². The monoisotopic (exact) mass is 242 g/mol. The maximum Gasteiger partial charge on any atom is 0.139 e. The molecule has 0 bridgehead atoms. The summed E-state index contributed by atoms with van der Waals surface area (Å²) >= 11 is -2.56. The molecule has 0 aliphatic rings. The average Bonchev–Trinajstić information content (AvgIpc) is 2.19. The van der Waals surface area contributed by atoms with Crippen molar-refractivity contribution in [2.24, 2.45) is 4.99 Å². The third-order valence-electron chi connectivity index (χ3n) is 1.69. The molecular weight excluding hydrogens is 230 g/mol. The lowest BCUT2D eigenvalue weighted by Crippen LogP contribution is -1.98. The number of nitrogens with zero attached hydrogens (tertiary/aromatic N) is 1. The topological polar surface area (TPSA) is 82.0 Å². The second-order valence-electron chi connectivity index (χ2n) is 3.18. The molecule has 0 heterocycles. The molecule has 0 spiro atoms. The molecule has 0 amide bonds. The van der Waals surface area contributed by atoms with Crippen molar-refractivity contribution in [1.82, 2.24) is 0 Å². The maximum absolute atomic E-state index is 10.2. The summed E-state index contributed by atoms with van der Waals surface area (Å²) in [4.78, 5) is 4.07. The molecule has 0 fully saturated rings. The van der Waals surface area contributed by atoms with Gasteiger partial charge in [0, 0.05) is 12.6 Å². The Labute approximate surface area is 96.3 Å². The molecule has 6 heteroatoms. The second-order valence-corrected chi connectivity index (χ2v) is 3.75. The standard InChI is InChI=1S/C10H13NO4S/c1-8(12)6-7-11-9-2-4-10(5-3-9)15-16(13)14/h2-5,7-8,12H,6H2,1H3,(H,13,14)/p-1. The predicted octanol–water partition coefficient (Wildman–Crippen LogP) is 1.33. The zero-order valence-electron chi connectivity index (χ0n) is 8.70. The van der Waals surface area contributed by atoms with Crippen molar-refractivity contribution in [2.75, 3.05) is 0 Å². The Morgan fingerprint density at radius 3 is 2.69 bits per heavy atom. The molecule has 1 aromatic rings. The van der Waals surface area contributed by atoms with Gasteiger partial charge in [-0.25, -0.2) is 4.21 Å². The highest BCUT2D eigenvalue weighted by Crippen LogP contribution is 2.18. The van der Waals surface area contributed by atoms with Gasteiger partial charge in [-0.3, -0.25) is 4.99 Å². The number of aliphatic hydroxyl groups is 1. The Morgan fingerprint density at radius 2 is 2.19 bits per heavy atom. The van der Waals surface area contributed by atoms with E-state index >= 15 is 0 Å². The van der Waals surface area contributed by atoms with Crippen molar-refractivity contribution in [2.45, 2.75) is 19.4 Å². The molecule has 0 radical (unpaired) electrons.